The first-order valence-corrected chi connectivity index (χ1v) is 17.2. The number of nitriles is 1. The van der Waals surface area contributed by atoms with Crippen molar-refractivity contribution in [3.63, 3.8) is 0 Å². The van der Waals surface area contributed by atoms with Crippen LogP contribution in [0.4, 0.5) is 32.8 Å². The van der Waals surface area contributed by atoms with E-state index in [1.165, 1.54) is 6.07 Å². The van der Waals surface area contributed by atoms with Gasteiger partial charge in [-0.3, -0.25) is 4.90 Å². The summed E-state index contributed by atoms with van der Waals surface area (Å²) in [6.45, 7) is 1.37. The Morgan fingerprint density at radius 2 is 2.02 bits per heavy atom. The molecule has 6 heterocycles. The lowest BCUT2D eigenvalue weighted by Crippen LogP contribution is -2.44. The van der Waals surface area contributed by atoms with Gasteiger partial charge in [-0.1, -0.05) is 17.7 Å². The molecule has 2 aromatic carbocycles. The summed E-state index contributed by atoms with van der Waals surface area (Å²) in [6.07, 6.45) is -2.12. The van der Waals surface area contributed by atoms with Gasteiger partial charge in [-0.05, 0) is 31.0 Å². The van der Waals surface area contributed by atoms with Crippen LogP contribution < -0.4 is 20.1 Å². The van der Waals surface area contributed by atoms with Gasteiger partial charge in [0.05, 0.1) is 45.5 Å². The number of thiophene rings is 1. The quantitative estimate of drug-likeness (QED) is 0.217. The number of alkyl halides is 3. The van der Waals surface area contributed by atoms with Crippen LogP contribution in [0.1, 0.15) is 31.2 Å². The highest BCUT2D eigenvalue weighted by Gasteiger charge is 2.49. The first-order valence-electron chi connectivity index (χ1n) is 16.0. The zero-order valence-corrected chi connectivity index (χ0v) is 27.5. The molecule has 4 aromatic rings. The Morgan fingerprint density at radius 3 is 2.82 bits per heavy atom. The van der Waals surface area contributed by atoms with Gasteiger partial charge in [0.15, 0.2) is 11.6 Å². The minimum atomic E-state index is -2.57. The molecule has 258 valence electrons. The lowest BCUT2D eigenvalue weighted by atomic mass is 9.95. The van der Waals surface area contributed by atoms with Gasteiger partial charge < -0.3 is 24.8 Å². The number of hydrogen-bond donors (Lipinski definition) is 1. The van der Waals surface area contributed by atoms with Crippen molar-refractivity contribution in [3.05, 3.63) is 34.4 Å². The summed E-state index contributed by atoms with van der Waals surface area (Å²) in [4.78, 5) is 13.1. The average molecular weight is 721 g/mol. The van der Waals surface area contributed by atoms with E-state index in [1.807, 2.05) is 6.07 Å². The Balaban J connectivity index is 1.34. The van der Waals surface area contributed by atoms with Crippen LogP contribution in [0.25, 0.3) is 32.1 Å². The van der Waals surface area contributed by atoms with E-state index in [4.69, 9.17) is 36.5 Å². The van der Waals surface area contributed by atoms with E-state index in [0.29, 0.717) is 13.0 Å². The molecule has 3 fully saturated rings. The largest absolute Gasteiger partial charge is 0.489 e. The Hall–Kier alpha value is -3.71. The lowest BCUT2D eigenvalue weighted by molar-refractivity contribution is 0.0646. The monoisotopic (exact) mass is 720 g/mol. The molecule has 2 unspecified atom stereocenters. The smallest absolute Gasteiger partial charge is 0.319 e. The summed E-state index contributed by atoms with van der Waals surface area (Å²) >= 11 is 7.85. The third-order valence-electron chi connectivity index (χ3n) is 10.1. The van der Waals surface area contributed by atoms with Crippen molar-refractivity contribution < 1.29 is 36.2 Å². The van der Waals surface area contributed by atoms with Crippen molar-refractivity contribution in [1.29, 1.82) is 5.26 Å². The summed E-state index contributed by atoms with van der Waals surface area (Å²) in [6, 6.07) is 3.74. The molecule has 0 saturated carbocycles. The van der Waals surface area contributed by atoms with E-state index in [2.05, 4.69) is 9.88 Å². The number of benzene rings is 2. The van der Waals surface area contributed by atoms with Crippen LogP contribution in [0, 0.1) is 28.9 Å². The summed E-state index contributed by atoms with van der Waals surface area (Å²) in [5.41, 5.74) is 5.16. The highest BCUT2D eigenvalue weighted by atomic mass is 35.5. The molecule has 2 aromatic heterocycles. The fourth-order valence-electron chi connectivity index (χ4n) is 7.95. The molecule has 0 spiro atoms. The zero-order chi connectivity index (χ0) is 34.2. The number of hydrogen-bond acceptors (Lipinski definition) is 10. The van der Waals surface area contributed by atoms with E-state index in [-0.39, 0.29) is 105 Å². The number of ether oxygens (including phenoxy) is 3. The molecule has 3 saturated heterocycles. The number of fused-ring (bicyclic) bond motifs is 4. The minimum absolute atomic E-state index is 0.0164. The number of halogens is 6. The van der Waals surface area contributed by atoms with Crippen molar-refractivity contribution in [2.45, 2.75) is 49.9 Å². The van der Waals surface area contributed by atoms with Gasteiger partial charge >= 0.3 is 6.01 Å². The highest BCUT2D eigenvalue weighted by Crippen LogP contribution is 2.51. The summed E-state index contributed by atoms with van der Waals surface area (Å²) in [5.74, 6) is -1.93. The zero-order valence-electron chi connectivity index (χ0n) is 26.0. The van der Waals surface area contributed by atoms with Crippen LogP contribution in [0.15, 0.2) is 12.1 Å². The minimum Gasteiger partial charge on any atom is -0.489 e. The lowest BCUT2D eigenvalue weighted by Gasteiger charge is -2.32. The van der Waals surface area contributed by atoms with Crippen LogP contribution in [-0.2, 0) is 4.74 Å². The number of aromatic nitrogens is 2. The normalized spacial score (nSPS) is 25.3. The molecule has 16 heteroatoms. The van der Waals surface area contributed by atoms with E-state index in [0.717, 1.165) is 30.4 Å². The first kappa shape index (κ1) is 32.5. The molecule has 0 aliphatic carbocycles. The fraction of sp³-hybridized carbons (Fsp3) is 0.485. The molecule has 4 atom stereocenters. The molecular weight excluding hydrogens is 691 g/mol. The predicted molar refractivity (Wildman–Crippen MR) is 175 cm³/mol. The van der Waals surface area contributed by atoms with E-state index >= 15 is 4.39 Å². The number of rotatable bonds is 6. The molecule has 2 N–H and O–H groups in total. The van der Waals surface area contributed by atoms with Crippen molar-refractivity contribution in [3.8, 4) is 29.0 Å². The number of anilines is 2. The van der Waals surface area contributed by atoms with E-state index in [9.17, 15) is 22.8 Å². The van der Waals surface area contributed by atoms with E-state index < -0.39 is 48.2 Å². The number of nitrogen functional groups attached to an aromatic ring is 1. The molecule has 49 heavy (non-hydrogen) atoms. The van der Waals surface area contributed by atoms with Gasteiger partial charge in [0.25, 0.3) is 0 Å². The van der Waals surface area contributed by atoms with Gasteiger partial charge in [-0.25, -0.2) is 22.0 Å². The molecule has 0 radical (unpaired) electrons. The van der Waals surface area contributed by atoms with E-state index in [1.54, 1.807) is 4.90 Å². The van der Waals surface area contributed by atoms with Crippen LogP contribution in [0.3, 0.4) is 0 Å². The van der Waals surface area contributed by atoms with Crippen LogP contribution in [0.5, 0.6) is 11.8 Å². The average Bonchev–Trinajstić information content (AvgIpc) is 3.61. The fourth-order valence-corrected chi connectivity index (χ4v) is 9.23. The van der Waals surface area contributed by atoms with Crippen molar-refractivity contribution in [1.82, 2.24) is 14.9 Å². The molecule has 8 rings (SSSR count). The maximum atomic E-state index is 17.2. The third kappa shape index (κ3) is 5.30. The second kappa shape index (κ2) is 12.3. The van der Waals surface area contributed by atoms with Gasteiger partial charge in [0.2, 0.25) is 6.43 Å². The molecule has 4 aliphatic rings. The predicted octanol–water partition coefficient (Wildman–Crippen LogP) is 6.72. The van der Waals surface area contributed by atoms with Gasteiger partial charge in [0.1, 0.15) is 47.6 Å². The second-order valence-corrected chi connectivity index (χ2v) is 14.6. The SMILES string of the molecule is N#Cc1c(N)sc2c(F)ccc(-c3c(Cl)c4c5c(nc(OC[C@@]67CCCN6C[C@H](F)C7)nc5c3F)N3CC(CC(F)F)COCC3CO4)c12. The standard InChI is InChI=1S/C33H30ClF5N6O3S/c34-25-23(18-2-3-20(36)29-22(18)19(8-40)30(41)49-29)26(39)27-24-28(25)47-13-17-12-46-11-15(6-21(37)38)9-45(17)31(24)43-32(42-27)48-14-33-4-1-5-44(33)10-16(35)7-33/h2-3,15-17,21H,1,4-7,9-14,41H2/t15?,16-,17?,33+/m1/s1. The van der Waals surface area contributed by atoms with Crippen molar-refractivity contribution in [2.24, 2.45) is 5.92 Å². The maximum Gasteiger partial charge on any atom is 0.319 e. The van der Waals surface area contributed by atoms with Crippen LogP contribution >= 0.6 is 22.9 Å². The summed E-state index contributed by atoms with van der Waals surface area (Å²) in [5, 5.41) is 10.0. The maximum absolute atomic E-state index is 17.2. The Kier molecular flexibility index (Phi) is 8.13. The molecule has 0 bridgehead atoms. The number of nitrogens with zero attached hydrogens (tertiary/aromatic N) is 5. The Bertz CT molecular complexity index is 2030. The first-order chi connectivity index (χ1) is 23.6. The number of nitrogens with two attached hydrogens (primary N) is 1. The summed E-state index contributed by atoms with van der Waals surface area (Å²) in [7, 11) is 0. The summed E-state index contributed by atoms with van der Waals surface area (Å²) < 4.78 is 92.2. The second-order valence-electron chi connectivity index (χ2n) is 13.1. The van der Waals surface area contributed by atoms with Crippen molar-refractivity contribution in [2.75, 3.05) is 56.7 Å². The molecule has 0 amide bonds. The third-order valence-corrected chi connectivity index (χ3v) is 11.5. The Morgan fingerprint density at radius 1 is 1.18 bits per heavy atom. The van der Waals surface area contributed by atoms with Crippen LogP contribution in [-0.4, -0.2) is 85.1 Å². The highest BCUT2D eigenvalue weighted by molar-refractivity contribution is 7.23. The van der Waals surface area contributed by atoms with Crippen molar-refractivity contribution >= 4 is 54.7 Å². The topological polar surface area (TPSA) is 110 Å². The van der Waals surface area contributed by atoms with Gasteiger partial charge in [-0.2, -0.15) is 15.2 Å². The van der Waals surface area contributed by atoms with Crippen LogP contribution in [0.2, 0.25) is 5.02 Å². The Labute approximate surface area is 286 Å². The molecule has 9 nitrogen and oxygen atoms in total. The van der Waals surface area contributed by atoms with Gasteiger partial charge in [0, 0.05) is 42.8 Å². The van der Waals surface area contributed by atoms with Gasteiger partial charge in [-0.15, -0.1) is 11.3 Å². The molecule has 4 aliphatic heterocycles. The molecular formula is C33H30ClF5N6O3S.